The van der Waals surface area contributed by atoms with Crippen LogP contribution in [-0.2, 0) is 0 Å². The Morgan fingerprint density at radius 1 is 0.955 bits per heavy atom. The van der Waals surface area contributed by atoms with Crippen molar-refractivity contribution in [1.29, 1.82) is 0 Å². The number of rotatable bonds is 2. The Hall–Kier alpha value is -2.01. The van der Waals surface area contributed by atoms with Crippen molar-refractivity contribution >= 4 is 23.1 Å². The number of ketones is 1. The molecule has 1 aliphatic rings. The number of fused-ring (bicyclic) bond motifs is 1. The number of hydrogen-bond donors (Lipinski definition) is 0. The Bertz CT molecular complexity index is 776. The molecule has 0 N–H and O–H groups in total. The standard InChI is InChI=1S/C17H11F3OS/c1-10-7-8-12-13(9-10)14(11-5-3-2-4-6-11)16(15(12)21)22-17(18,19)20/h2-9H,1H3. The molecule has 0 radical (unpaired) electrons. The lowest BCUT2D eigenvalue weighted by molar-refractivity contribution is -0.0322. The molecule has 3 rings (SSSR count). The molecule has 22 heavy (non-hydrogen) atoms. The van der Waals surface area contributed by atoms with E-state index in [1.807, 2.05) is 6.92 Å². The smallest absolute Gasteiger partial charge is 0.288 e. The molecule has 112 valence electrons. The van der Waals surface area contributed by atoms with Crippen LogP contribution in [0.1, 0.15) is 27.0 Å². The maximum atomic E-state index is 12.8. The van der Waals surface area contributed by atoms with Crippen molar-refractivity contribution in [3.63, 3.8) is 0 Å². The fraction of sp³-hybridized carbons (Fsp3) is 0.118. The van der Waals surface area contributed by atoms with E-state index in [2.05, 4.69) is 0 Å². The number of carbonyl (C=O) groups is 1. The number of alkyl halides is 3. The molecule has 0 unspecified atom stereocenters. The summed E-state index contributed by atoms with van der Waals surface area (Å²) >= 11 is -0.332. The van der Waals surface area contributed by atoms with E-state index >= 15 is 0 Å². The minimum atomic E-state index is -4.50. The number of allylic oxidation sites excluding steroid dienone is 1. The van der Waals surface area contributed by atoms with E-state index in [9.17, 15) is 18.0 Å². The second-order valence-electron chi connectivity index (χ2n) is 5.00. The van der Waals surface area contributed by atoms with Crippen molar-refractivity contribution in [3.05, 3.63) is 75.7 Å². The van der Waals surface area contributed by atoms with Gasteiger partial charge in [0, 0.05) is 11.1 Å². The Balaban J connectivity index is 2.25. The van der Waals surface area contributed by atoms with Crippen LogP contribution in [0.5, 0.6) is 0 Å². The third-order valence-electron chi connectivity index (χ3n) is 3.40. The maximum absolute atomic E-state index is 12.8. The molecule has 2 aromatic rings. The van der Waals surface area contributed by atoms with Gasteiger partial charge in [-0.3, -0.25) is 4.79 Å². The fourth-order valence-electron chi connectivity index (χ4n) is 2.53. The van der Waals surface area contributed by atoms with Crippen LogP contribution in [0.3, 0.4) is 0 Å². The summed E-state index contributed by atoms with van der Waals surface area (Å²) in [6.45, 7) is 1.85. The highest BCUT2D eigenvalue weighted by Gasteiger charge is 2.39. The van der Waals surface area contributed by atoms with Gasteiger partial charge in [-0.15, -0.1) is 0 Å². The number of carbonyl (C=O) groups excluding carboxylic acids is 1. The molecule has 0 aliphatic heterocycles. The molecule has 0 saturated heterocycles. The quantitative estimate of drug-likeness (QED) is 0.756. The zero-order valence-electron chi connectivity index (χ0n) is 11.6. The molecule has 1 aliphatic carbocycles. The number of thioether (sulfide) groups is 1. The SMILES string of the molecule is Cc1ccc2c(c1)C(c1ccccc1)=C(SC(F)(F)F)C2=O. The molecule has 0 amide bonds. The molecule has 0 bridgehead atoms. The lowest BCUT2D eigenvalue weighted by Gasteiger charge is -2.10. The van der Waals surface area contributed by atoms with Gasteiger partial charge in [0.25, 0.3) is 0 Å². The molecule has 0 heterocycles. The predicted octanol–water partition coefficient (Wildman–Crippen LogP) is 5.20. The van der Waals surface area contributed by atoms with Crippen molar-refractivity contribution in [3.8, 4) is 0 Å². The third kappa shape index (κ3) is 2.68. The first-order valence-electron chi connectivity index (χ1n) is 6.58. The fourth-order valence-corrected chi connectivity index (χ4v) is 3.29. The van der Waals surface area contributed by atoms with Gasteiger partial charge in [-0.05, 0) is 29.8 Å². The van der Waals surface area contributed by atoms with E-state index in [1.54, 1.807) is 48.5 Å². The number of Topliss-reactive ketones (excluding diaryl/α,β-unsaturated/α-hetero) is 1. The van der Waals surface area contributed by atoms with Crippen molar-refractivity contribution in [2.24, 2.45) is 0 Å². The van der Waals surface area contributed by atoms with Crippen LogP contribution in [0.4, 0.5) is 13.2 Å². The van der Waals surface area contributed by atoms with Gasteiger partial charge in [0.05, 0.1) is 4.91 Å². The molecular weight excluding hydrogens is 309 g/mol. The average molecular weight is 320 g/mol. The lowest BCUT2D eigenvalue weighted by Crippen LogP contribution is -2.05. The summed E-state index contributed by atoms with van der Waals surface area (Å²) in [6, 6.07) is 13.8. The van der Waals surface area contributed by atoms with Crippen LogP contribution in [0.2, 0.25) is 0 Å². The first-order chi connectivity index (χ1) is 10.4. The molecular formula is C17H11F3OS. The first kappa shape index (κ1) is 14.9. The van der Waals surface area contributed by atoms with Crippen LogP contribution in [0.15, 0.2) is 53.4 Å². The minimum absolute atomic E-state index is 0.251. The van der Waals surface area contributed by atoms with Gasteiger partial charge in [0.15, 0.2) is 0 Å². The molecule has 0 atom stereocenters. The summed E-state index contributed by atoms with van der Waals surface area (Å²) < 4.78 is 38.5. The van der Waals surface area contributed by atoms with E-state index in [-0.39, 0.29) is 16.7 Å². The molecule has 2 aromatic carbocycles. The van der Waals surface area contributed by atoms with Gasteiger partial charge in [-0.2, -0.15) is 13.2 Å². The van der Waals surface area contributed by atoms with E-state index < -0.39 is 11.3 Å². The van der Waals surface area contributed by atoms with Gasteiger partial charge in [-0.25, -0.2) is 0 Å². The number of hydrogen-bond acceptors (Lipinski definition) is 2. The maximum Gasteiger partial charge on any atom is 0.446 e. The lowest BCUT2D eigenvalue weighted by atomic mass is 9.98. The van der Waals surface area contributed by atoms with E-state index in [0.29, 0.717) is 22.3 Å². The summed E-state index contributed by atoms with van der Waals surface area (Å²) in [7, 11) is 0. The highest BCUT2D eigenvalue weighted by atomic mass is 32.2. The molecule has 0 spiro atoms. The highest BCUT2D eigenvalue weighted by molar-refractivity contribution is 8.05. The van der Waals surface area contributed by atoms with Gasteiger partial charge in [-0.1, -0.05) is 54.1 Å². The zero-order chi connectivity index (χ0) is 15.9. The molecule has 5 heteroatoms. The van der Waals surface area contributed by atoms with Crippen LogP contribution in [0.25, 0.3) is 5.57 Å². The topological polar surface area (TPSA) is 17.1 Å². The molecule has 1 nitrogen and oxygen atoms in total. The van der Waals surface area contributed by atoms with Gasteiger partial charge in [0.2, 0.25) is 5.78 Å². The Kier molecular flexibility index (Phi) is 3.60. The van der Waals surface area contributed by atoms with Crippen LogP contribution < -0.4 is 0 Å². The van der Waals surface area contributed by atoms with Crippen LogP contribution in [0, 0.1) is 6.92 Å². The first-order valence-corrected chi connectivity index (χ1v) is 7.39. The average Bonchev–Trinajstić information content (AvgIpc) is 2.70. The number of benzene rings is 2. The molecule has 0 aromatic heterocycles. The Morgan fingerprint density at radius 2 is 1.64 bits per heavy atom. The minimum Gasteiger partial charge on any atom is -0.288 e. The van der Waals surface area contributed by atoms with Crippen molar-refractivity contribution < 1.29 is 18.0 Å². The molecule has 0 saturated carbocycles. The van der Waals surface area contributed by atoms with E-state index in [0.717, 1.165) is 5.56 Å². The zero-order valence-corrected chi connectivity index (χ0v) is 12.4. The second-order valence-corrected chi connectivity index (χ2v) is 6.07. The van der Waals surface area contributed by atoms with Crippen molar-refractivity contribution in [1.82, 2.24) is 0 Å². The third-order valence-corrected chi connectivity index (χ3v) is 4.23. The van der Waals surface area contributed by atoms with Crippen LogP contribution in [-0.4, -0.2) is 11.3 Å². The van der Waals surface area contributed by atoms with E-state index in [4.69, 9.17) is 0 Å². The monoisotopic (exact) mass is 320 g/mol. The molecule has 0 fully saturated rings. The Labute approximate surface area is 129 Å². The summed E-state index contributed by atoms with van der Waals surface area (Å²) in [5.74, 6) is -0.559. The largest absolute Gasteiger partial charge is 0.446 e. The number of aryl methyl sites for hydroxylation is 1. The summed E-state index contributed by atoms with van der Waals surface area (Å²) in [4.78, 5) is 12.1. The predicted molar refractivity (Wildman–Crippen MR) is 81.6 cm³/mol. The normalized spacial score (nSPS) is 14.5. The van der Waals surface area contributed by atoms with Crippen molar-refractivity contribution in [2.75, 3.05) is 0 Å². The second kappa shape index (κ2) is 5.32. The van der Waals surface area contributed by atoms with Gasteiger partial charge >= 0.3 is 5.51 Å². The van der Waals surface area contributed by atoms with Gasteiger partial charge in [0.1, 0.15) is 0 Å². The van der Waals surface area contributed by atoms with Crippen molar-refractivity contribution in [2.45, 2.75) is 12.4 Å². The highest BCUT2D eigenvalue weighted by Crippen LogP contribution is 2.47. The number of halogens is 3. The van der Waals surface area contributed by atoms with Gasteiger partial charge < -0.3 is 0 Å². The Morgan fingerprint density at radius 3 is 2.27 bits per heavy atom. The summed E-state index contributed by atoms with van der Waals surface area (Å²) in [5, 5.41) is 0. The summed E-state index contributed by atoms with van der Waals surface area (Å²) in [6.07, 6.45) is 0. The van der Waals surface area contributed by atoms with E-state index in [1.165, 1.54) is 0 Å². The summed E-state index contributed by atoms with van der Waals surface area (Å²) in [5.41, 5.74) is -1.71. The van der Waals surface area contributed by atoms with Crippen LogP contribution >= 0.6 is 11.8 Å².